The molecule has 156 valence electrons. The standard InChI is InChI=1S/C13H17ClN2O.C7H5NOS.C2H6/c1-16-8-2-3-12(16)13(17)15-9-10-4-6-11(14)7-5-10;8-5-7-2-1-6(10-7)3-4-9;1-2/h4-7,12H,2-3,8-9H2,1H3,(H,15,17);1-2,4H,3H2;1-2H3. The van der Waals surface area contributed by atoms with Crippen molar-refractivity contribution in [3.05, 3.63) is 56.7 Å². The number of amides is 1. The van der Waals surface area contributed by atoms with Gasteiger partial charge in [0.05, 0.1) is 6.04 Å². The van der Waals surface area contributed by atoms with Crippen LogP contribution in [0.4, 0.5) is 0 Å². The minimum Gasteiger partial charge on any atom is -0.351 e. The number of likely N-dealkylation sites (N-methyl/N-ethyl adjacent to an activating group) is 1. The Morgan fingerprint density at radius 3 is 2.52 bits per heavy atom. The Bertz CT molecular complexity index is 799. The quantitative estimate of drug-likeness (QED) is 0.707. The molecular weight excluding hydrogens is 406 g/mol. The molecule has 0 saturated carbocycles. The number of thiophene rings is 1. The van der Waals surface area contributed by atoms with Gasteiger partial charge in [-0.25, -0.2) is 0 Å². The van der Waals surface area contributed by atoms with Gasteiger partial charge in [-0.05, 0) is 56.3 Å². The number of hydrogen-bond acceptors (Lipinski definition) is 5. The first-order valence-electron chi connectivity index (χ1n) is 9.68. The van der Waals surface area contributed by atoms with Crippen LogP contribution >= 0.6 is 22.9 Å². The maximum Gasteiger partial charge on any atom is 0.237 e. The molecule has 5 nitrogen and oxygen atoms in total. The van der Waals surface area contributed by atoms with Crippen molar-refractivity contribution in [1.29, 1.82) is 5.26 Å². The summed E-state index contributed by atoms with van der Waals surface area (Å²) in [6.45, 7) is 5.58. The van der Waals surface area contributed by atoms with Gasteiger partial charge >= 0.3 is 0 Å². The van der Waals surface area contributed by atoms with E-state index in [1.165, 1.54) is 11.3 Å². The highest BCUT2D eigenvalue weighted by molar-refractivity contribution is 7.12. The number of aldehydes is 1. The molecule has 7 heteroatoms. The molecule has 3 rings (SSSR count). The van der Waals surface area contributed by atoms with Crippen LogP contribution in [-0.2, 0) is 22.6 Å². The van der Waals surface area contributed by atoms with Gasteiger partial charge in [-0.1, -0.05) is 37.6 Å². The molecule has 1 aliphatic rings. The van der Waals surface area contributed by atoms with Gasteiger partial charge in [0.15, 0.2) is 0 Å². The SMILES string of the molecule is CC.CN1CCCC1C(=O)NCc1ccc(Cl)cc1.N#Cc1ccc(CC=O)s1. The molecule has 1 aromatic carbocycles. The van der Waals surface area contributed by atoms with Crippen molar-refractivity contribution < 1.29 is 9.59 Å². The number of rotatable bonds is 5. The topological polar surface area (TPSA) is 73.2 Å². The molecule has 1 unspecified atom stereocenters. The summed E-state index contributed by atoms with van der Waals surface area (Å²) in [5, 5.41) is 12.1. The Hall–Kier alpha value is -2.20. The molecule has 29 heavy (non-hydrogen) atoms. The number of nitriles is 1. The lowest BCUT2D eigenvalue weighted by molar-refractivity contribution is -0.125. The van der Waals surface area contributed by atoms with Gasteiger partial charge in [0.2, 0.25) is 5.91 Å². The van der Waals surface area contributed by atoms with Crippen molar-refractivity contribution in [2.75, 3.05) is 13.6 Å². The number of carbonyl (C=O) groups excluding carboxylic acids is 2. The van der Waals surface area contributed by atoms with Gasteiger partial charge in [0, 0.05) is 22.9 Å². The fourth-order valence-electron chi connectivity index (χ4n) is 2.78. The average molecular weight is 434 g/mol. The second-order valence-electron chi connectivity index (χ2n) is 6.23. The smallest absolute Gasteiger partial charge is 0.237 e. The van der Waals surface area contributed by atoms with E-state index in [-0.39, 0.29) is 11.9 Å². The Kier molecular flexibility index (Phi) is 11.9. The van der Waals surface area contributed by atoms with Crippen LogP contribution in [0, 0.1) is 11.3 Å². The number of carbonyl (C=O) groups is 2. The fourth-order valence-corrected chi connectivity index (χ4v) is 3.66. The zero-order chi connectivity index (χ0) is 21.6. The summed E-state index contributed by atoms with van der Waals surface area (Å²) in [7, 11) is 2.00. The van der Waals surface area contributed by atoms with Crippen molar-refractivity contribution in [1.82, 2.24) is 10.2 Å². The summed E-state index contributed by atoms with van der Waals surface area (Å²) in [5.41, 5.74) is 1.07. The first kappa shape index (κ1) is 24.8. The normalized spacial score (nSPS) is 15.2. The maximum atomic E-state index is 11.9. The number of halogens is 1. The summed E-state index contributed by atoms with van der Waals surface area (Å²) in [5.74, 6) is 0.125. The highest BCUT2D eigenvalue weighted by Gasteiger charge is 2.27. The third-order valence-corrected chi connectivity index (χ3v) is 5.52. The highest BCUT2D eigenvalue weighted by atomic mass is 35.5. The second-order valence-corrected chi connectivity index (χ2v) is 7.84. The first-order valence-corrected chi connectivity index (χ1v) is 10.9. The zero-order valence-electron chi connectivity index (χ0n) is 17.2. The van der Waals surface area contributed by atoms with E-state index >= 15 is 0 Å². The lowest BCUT2D eigenvalue weighted by Gasteiger charge is -2.18. The Labute approximate surface area is 182 Å². The van der Waals surface area contributed by atoms with Crippen LogP contribution in [0.2, 0.25) is 5.02 Å². The molecule has 1 aliphatic heterocycles. The summed E-state index contributed by atoms with van der Waals surface area (Å²) in [6, 6.07) is 13.1. The van der Waals surface area contributed by atoms with Crippen LogP contribution in [0.3, 0.4) is 0 Å². The molecule has 1 aromatic heterocycles. The van der Waals surface area contributed by atoms with E-state index in [0.717, 1.165) is 41.1 Å². The second kappa shape index (κ2) is 13.9. The van der Waals surface area contributed by atoms with E-state index in [2.05, 4.69) is 10.2 Å². The van der Waals surface area contributed by atoms with E-state index in [0.29, 0.717) is 17.8 Å². The molecule has 2 aromatic rings. The van der Waals surface area contributed by atoms with Crippen molar-refractivity contribution >= 4 is 35.1 Å². The summed E-state index contributed by atoms with van der Waals surface area (Å²) in [4.78, 5) is 25.6. The number of benzene rings is 1. The number of likely N-dealkylation sites (tertiary alicyclic amines) is 1. The van der Waals surface area contributed by atoms with Crippen LogP contribution in [0.5, 0.6) is 0 Å². The van der Waals surface area contributed by atoms with Crippen LogP contribution in [0.25, 0.3) is 0 Å². The lowest BCUT2D eigenvalue weighted by Crippen LogP contribution is -2.41. The molecule has 2 heterocycles. The first-order chi connectivity index (χ1) is 14.0. The third kappa shape index (κ3) is 8.78. The minimum atomic E-state index is 0.0438. The fraction of sp³-hybridized carbons (Fsp3) is 0.409. The lowest BCUT2D eigenvalue weighted by atomic mass is 10.2. The minimum absolute atomic E-state index is 0.0438. The molecule has 0 bridgehead atoms. The molecule has 1 fully saturated rings. The Morgan fingerprint density at radius 2 is 2.00 bits per heavy atom. The third-order valence-electron chi connectivity index (χ3n) is 4.26. The zero-order valence-corrected chi connectivity index (χ0v) is 18.7. The Morgan fingerprint density at radius 1 is 1.31 bits per heavy atom. The van der Waals surface area contributed by atoms with E-state index < -0.39 is 0 Å². The predicted molar refractivity (Wildman–Crippen MR) is 119 cm³/mol. The number of hydrogen-bond donors (Lipinski definition) is 1. The summed E-state index contributed by atoms with van der Waals surface area (Å²) >= 11 is 7.17. The molecule has 1 atom stereocenters. The van der Waals surface area contributed by atoms with Crippen molar-refractivity contribution in [3.8, 4) is 6.07 Å². The molecule has 1 N–H and O–H groups in total. The van der Waals surface area contributed by atoms with Gasteiger partial charge in [-0.15, -0.1) is 11.3 Å². The molecule has 1 saturated heterocycles. The molecule has 0 radical (unpaired) electrons. The van der Waals surface area contributed by atoms with Crippen molar-refractivity contribution in [2.24, 2.45) is 0 Å². The summed E-state index contributed by atoms with van der Waals surface area (Å²) < 4.78 is 0. The van der Waals surface area contributed by atoms with E-state index in [4.69, 9.17) is 16.9 Å². The molecule has 1 amide bonds. The van der Waals surface area contributed by atoms with Gasteiger partial charge in [0.25, 0.3) is 0 Å². The monoisotopic (exact) mass is 433 g/mol. The van der Waals surface area contributed by atoms with Gasteiger partial charge in [0.1, 0.15) is 17.2 Å². The van der Waals surface area contributed by atoms with E-state index in [9.17, 15) is 9.59 Å². The van der Waals surface area contributed by atoms with Gasteiger partial charge in [-0.3, -0.25) is 9.69 Å². The van der Waals surface area contributed by atoms with Crippen LogP contribution in [-0.4, -0.2) is 36.7 Å². The predicted octanol–water partition coefficient (Wildman–Crippen LogP) is 4.44. The van der Waals surface area contributed by atoms with Crippen LogP contribution in [0.1, 0.15) is 42.0 Å². The van der Waals surface area contributed by atoms with Crippen LogP contribution in [0.15, 0.2) is 36.4 Å². The maximum absolute atomic E-state index is 11.9. The van der Waals surface area contributed by atoms with E-state index in [1.54, 1.807) is 12.1 Å². The van der Waals surface area contributed by atoms with E-state index in [1.807, 2.05) is 51.2 Å². The number of nitrogens with one attached hydrogen (secondary N) is 1. The Balaban J connectivity index is 0.000000299. The van der Waals surface area contributed by atoms with Crippen LogP contribution < -0.4 is 5.32 Å². The number of nitrogens with zero attached hydrogens (tertiary/aromatic N) is 2. The van der Waals surface area contributed by atoms with Crippen molar-refractivity contribution in [3.63, 3.8) is 0 Å². The average Bonchev–Trinajstić information content (AvgIpc) is 3.38. The largest absolute Gasteiger partial charge is 0.351 e. The van der Waals surface area contributed by atoms with Gasteiger partial charge < -0.3 is 10.1 Å². The molecule has 0 aliphatic carbocycles. The van der Waals surface area contributed by atoms with Crippen molar-refractivity contribution in [2.45, 2.75) is 45.7 Å². The molecule has 0 spiro atoms. The molecular formula is C22H28ClN3O2S. The summed E-state index contributed by atoms with van der Waals surface area (Å²) in [6.07, 6.45) is 3.33. The van der Waals surface area contributed by atoms with Gasteiger partial charge in [-0.2, -0.15) is 5.26 Å². The highest BCUT2D eigenvalue weighted by Crippen LogP contribution is 2.15.